The molecule has 0 bridgehead atoms. The fourth-order valence-corrected chi connectivity index (χ4v) is 4.80. The van der Waals surface area contributed by atoms with Crippen molar-refractivity contribution in [2.45, 2.75) is 39.0 Å². The standard InChI is InChI=1S/C22H40N4O2S2.C2H2O4/c1-5-24(6-2)16-12-15-23-22(29)26(18-17-25(7-3)8-4)19-20-30(27,28)21-13-10-9-11-14-21;3-1(4)2(5)6/h9-11,13-14H,5-8,12,15-20H2,1-4H3,(H,23,29);(H,3,4)(H,5,6). The van der Waals surface area contributed by atoms with Crippen molar-refractivity contribution < 1.29 is 28.2 Å². The van der Waals surface area contributed by atoms with Crippen LogP contribution in [0.5, 0.6) is 0 Å². The zero-order valence-electron chi connectivity index (χ0n) is 21.9. The third-order valence-corrected chi connectivity index (χ3v) is 7.72. The first-order chi connectivity index (χ1) is 17.0. The van der Waals surface area contributed by atoms with Crippen LogP contribution < -0.4 is 5.32 Å². The molecule has 1 aromatic rings. The lowest BCUT2D eigenvalue weighted by atomic mass is 10.3. The van der Waals surface area contributed by atoms with E-state index in [9.17, 15) is 8.42 Å². The molecule has 0 spiro atoms. The number of nitrogens with one attached hydrogen (secondary N) is 1. The number of hydrogen-bond donors (Lipinski definition) is 3. The van der Waals surface area contributed by atoms with Crippen molar-refractivity contribution in [3.8, 4) is 0 Å². The number of nitrogens with zero attached hydrogens (tertiary/aromatic N) is 3. The molecule has 0 aliphatic heterocycles. The third-order valence-electron chi connectivity index (χ3n) is 5.60. The predicted molar refractivity (Wildman–Crippen MR) is 146 cm³/mol. The molecule has 1 aromatic carbocycles. The maximum absolute atomic E-state index is 12.7. The normalized spacial score (nSPS) is 11.1. The van der Waals surface area contributed by atoms with Crippen molar-refractivity contribution in [2.75, 3.05) is 64.7 Å². The second kappa shape index (κ2) is 18.9. The Morgan fingerprint density at radius 2 is 1.33 bits per heavy atom. The number of benzene rings is 1. The average Bonchev–Trinajstić information content (AvgIpc) is 2.87. The summed E-state index contributed by atoms with van der Waals surface area (Å²) in [5, 5.41) is 18.8. The fraction of sp³-hybridized carbons (Fsp3) is 0.625. The van der Waals surface area contributed by atoms with E-state index >= 15 is 0 Å². The van der Waals surface area contributed by atoms with E-state index in [2.05, 4.69) is 42.8 Å². The summed E-state index contributed by atoms with van der Waals surface area (Å²) < 4.78 is 25.4. The maximum atomic E-state index is 12.7. The highest BCUT2D eigenvalue weighted by molar-refractivity contribution is 7.91. The molecule has 3 N–H and O–H groups in total. The van der Waals surface area contributed by atoms with E-state index in [0.29, 0.717) is 23.1 Å². The van der Waals surface area contributed by atoms with Gasteiger partial charge in [-0.05, 0) is 63.5 Å². The lowest BCUT2D eigenvalue weighted by Crippen LogP contribution is -2.46. The number of rotatable bonds is 15. The van der Waals surface area contributed by atoms with E-state index in [-0.39, 0.29) is 5.75 Å². The molecule has 36 heavy (non-hydrogen) atoms. The Morgan fingerprint density at radius 3 is 1.81 bits per heavy atom. The molecule has 0 radical (unpaired) electrons. The molecule has 0 fully saturated rings. The highest BCUT2D eigenvalue weighted by Crippen LogP contribution is 2.10. The topological polar surface area (TPSA) is 130 Å². The van der Waals surface area contributed by atoms with Crippen molar-refractivity contribution in [3.05, 3.63) is 30.3 Å². The molecule has 0 unspecified atom stereocenters. The van der Waals surface area contributed by atoms with Crippen LogP contribution in [0.4, 0.5) is 0 Å². The van der Waals surface area contributed by atoms with E-state index in [1.54, 1.807) is 24.3 Å². The maximum Gasteiger partial charge on any atom is 0.414 e. The molecule has 0 amide bonds. The number of sulfone groups is 1. The summed E-state index contributed by atoms with van der Waals surface area (Å²) in [6.45, 7) is 16.4. The van der Waals surface area contributed by atoms with Gasteiger partial charge in [-0.3, -0.25) is 0 Å². The minimum absolute atomic E-state index is 0.0521. The zero-order chi connectivity index (χ0) is 27.6. The van der Waals surface area contributed by atoms with Gasteiger partial charge in [0.2, 0.25) is 0 Å². The number of thiocarbonyl (C=S) groups is 1. The molecule has 206 valence electrons. The van der Waals surface area contributed by atoms with Crippen LogP contribution >= 0.6 is 12.2 Å². The van der Waals surface area contributed by atoms with Gasteiger partial charge >= 0.3 is 11.9 Å². The van der Waals surface area contributed by atoms with Crippen LogP contribution in [0.2, 0.25) is 0 Å². The first kappa shape index (κ1) is 33.7. The summed E-state index contributed by atoms with van der Waals surface area (Å²) in [6, 6.07) is 8.64. The summed E-state index contributed by atoms with van der Waals surface area (Å²) in [5.74, 6) is -3.60. The molecule has 0 saturated heterocycles. The predicted octanol–water partition coefficient (Wildman–Crippen LogP) is 1.87. The van der Waals surface area contributed by atoms with Gasteiger partial charge in [0.25, 0.3) is 0 Å². The van der Waals surface area contributed by atoms with E-state index < -0.39 is 21.8 Å². The Kier molecular flexibility index (Phi) is 17.7. The molecule has 1 rings (SSSR count). The van der Waals surface area contributed by atoms with Crippen LogP contribution in [-0.2, 0) is 19.4 Å². The number of hydrogen-bond acceptors (Lipinski definition) is 7. The lowest BCUT2D eigenvalue weighted by molar-refractivity contribution is -0.159. The van der Waals surface area contributed by atoms with E-state index in [0.717, 1.165) is 52.2 Å². The molecular weight excluding hydrogens is 504 g/mol. The Labute approximate surface area is 221 Å². The summed E-state index contributed by atoms with van der Waals surface area (Å²) in [5.41, 5.74) is 0. The van der Waals surface area contributed by atoms with Gasteiger partial charge in [-0.2, -0.15) is 0 Å². The van der Waals surface area contributed by atoms with E-state index in [1.807, 2.05) is 11.0 Å². The van der Waals surface area contributed by atoms with Gasteiger partial charge in [0.05, 0.1) is 10.6 Å². The number of aliphatic carboxylic acids is 2. The summed E-state index contributed by atoms with van der Waals surface area (Å²) in [4.78, 5) is 25.3. The van der Waals surface area contributed by atoms with Gasteiger partial charge in [-0.15, -0.1) is 0 Å². The number of carboxylic acids is 2. The Bertz CT molecular complexity index is 864. The second-order valence-corrected chi connectivity index (χ2v) is 10.4. The molecule has 0 aliphatic rings. The molecule has 10 nitrogen and oxygen atoms in total. The minimum Gasteiger partial charge on any atom is -0.473 e. The number of carbonyl (C=O) groups is 2. The molecule has 0 aliphatic carbocycles. The highest BCUT2D eigenvalue weighted by Gasteiger charge is 2.18. The van der Waals surface area contributed by atoms with Crippen molar-refractivity contribution >= 4 is 39.1 Å². The van der Waals surface area contributed by atoms with Crippen molar-refractivity contribution in [3.63, 3.8) is 0 Å². The SMILES string of the molecule is CCN(CC)CCCNC(=S)N(CCN(CC)CC)CCS(=O)(=O)c1ccccc1.O=C(O)C(=O)O. The van der Waals surface area contributed by atoms with Crippen LogP contribution in [-0.4, -0.2) is 115 Å². The summed E-state index contributed by atoms with van der Waals surface area (Å²) in [6.07, 6.45) is 1.01. The van der Waals surface area contributed by atoms with Gasteiger partial charge in [-0.1, -0.05) is 45.9 Å². The Hall–Kier alpha value is -2.28. The Balaban J connectivity index is 0.00000181. The first-order valence-corrected chi connectivity index (χ1v) is 14.3. The van der Waals surface area contributed by atoms with Crippen LogP contribution in [0, 0.1) is 0 Å². The average molecular weight is 547 g/mol. The molecular formula is C24H42N4O6S2. The summed E-state index contributed by atoms with van der Waals surface area (Å²) >= 11 is 5.63. The zero-order valence-corrected chi connectivity index (χ0v) is 23.5. The van der Waals surface area contributed by atoms with Gasteiger partial charge in [-0.25, -0.2) is 18.0 Å². The molecule has 0 aromatic heterocycles. The van der Waals surface area contributed by atoms with E-state index in [4.69, 9.17) is 32.0 Å². The smallest absolute Gasteiger partial charge is 0.414 e. The van der Waals surface area contributed by atoms with Crippen molar-refractivity contribution in [2.24, 2.45) is 0 Å². The third kappa shape index (κ3) is 14.3. The molecule has 0 saturated carbocycles. The number of carboxylic acid groups (broad SMARTS) is 2. The summed E-state index contributed by atoms with van der Waals surface area (Å²) in [7, 11) is -3.33. The van der Waals surface area contributed by atoms with Crippen LogP contribution in [0.25, 0.3) is 0 Å². The van der Waals surface area contributed by atoms with Crippen LogP contribution in [0.1, 0.15) is 34.1 Å². The van der Waals surface area contributed by atoms with Crippen LogP contribution in [0.15, 0.2) is 35.2 Å². The number of likely N-dealkylation sites (N-methyl/N-ethyl adjacent to an activating group) is 1. The van der Waals surface area contributed by atoms with Crippen molar-refractivity contribution in [1.82, 2.24) is 20.0 Å². The first-order valence-electron chi connectivity index (χ1n) is 12.2. The highest BCUT2D eigenvalue weighted by atomic mass is 32.2. The van der Waals surface area contributed by atoms with Crippen molar-refractivity contribution in [1.29, 1.82) is 0 Å². The molecule has 0 heterocycles. The van der Waals surface area contributed by atoms with Crippen LogP contribution in [0.3, 0.4) is 0 Å². The quantitative estimate of drug-likeness (QED) is 0.169. The van der Waals surface area contributed by atoms with Gasteiger partial charge in [0, 0.05) is 26.2 Å². The van der Waals surface area contributed by atoms with Gasteiger partial charge in [0.15, 0.2) is 14.9 Å². The van der Waals surface area contributed by atoms with Gasteiger partial charge < -0.3 is 30.2 Å². The minimum atomic E-state index is -3.33. The monoisotopic (exact) mass is 546 g/mol. The molecule has 0 atom stereocenters. The second-order valence-electron chi connectivity index (χ2n) is 7.87. The molecule has 12 heteroatoms. The lowest BCUT2D eigenvalue weighted by Gasteiger charge is -2.29. The van der Waals surface area contributed by atoms with Gasteiger partial charge in [0.1, 0.15) is 0 Å². The fourth-order valence-electron chi connectivity index (χ4n) is 3.24. The largest absolute Gasteiger partial charge is 0.473 e. The Morgan fingerprint density at radius 1 is 0.833 bits per heavy atom. The van der Waals surface area contributed by atoms with E-state index in [1.165, 1.54) is 0 Å².